The lowest BCUT2D eigenvalue weighted by atomic mass is 10.00. The minimum atomic E-state index is -0.637. The van der Waals surface area contributed by atoms with Crippen LogP contribution in [0.25, 0.3) is 10.8 Å². The van der Waals surface area contributed by atoms with Gasteiger partial charge in [-0.3, -0.25) is 9.69 Å². The quantitative estimate of drug-likeness (QED) is 0.708. The van der Waals surface area contributed by atoms with E-state index in [1.807, 2.05) is 12.1 Å². The number of fused-ring (bicyclic) bond motifs is 2. The number of β-amino-alcohol motifs (C(OH)–C–C–N with tert-alkyl or cyclic N) is 1. The molecule has 3 heterocycles. The molecule has 0 aliphatic carbocycles. The molecule has 6 heteroatoms. The summed E-state index contributed by atoms with van der Waals surface area (Å²) in [5.41, 5.74) is 3.74. The molecule has 156 valence electrons. The highest BCUT2D eigenvalue weighted by Gasteiger charge is 2.20. The van der Waals surface area contributed by atoms with Gasteiger partial charge in [0.05, 0.1) is 24.2 Å². The third-order valence-electron chi connectivity index (χ3n) is 6.37. The minimum Gasteiger partial charge on any atom is -0.390 e. The van der Waals surface area contributed by atoms with E-state index in [-0.39, 0.29) is 12.1 Å². The first kappa shape index (κ1) is 19.3. The van der Waals surface area contributed by atoms with E-state index >= 15 is 0 Å². The Kier molecular flexibility index (Phi) is 5.27. The van der Waals surface area contributed by atoms with Gasteiger partial charge in [-0.2, -0.15) is 5.10 Å². The van der Waals surface area contributed by atoms with Crippen LogP contribution in [-0.4, -0.2) is 52.1 Å². The molecule has 30 heavy (non-hydrogen) atoms. The Morgan fingerprint density at radius 2 is 1.80 bits per heavy atom. The van der Waals surface area contributed by atoms with E-state index in [1.54, 1.807) is 6.20 Å². The number of rotatable bonds is 5. The van der Waals surface area contributed by atoms with E-state index in [0.29, 0.717) is 11.9 Å². The van der Waals surface area contributed by atoms with Gasteiger partial charge in [0.1, 0.15) is 0 Å². The van der Waals surface area contributed by atoms with E-state index in [2.05, 4.69) is 45.2 Å². The standard InChI is InChI=1S/C24H28N4O2/c29-22(16-26-12-9-18-5-1-2-6-19(18)15-26)17-28-24(30)23-8-7-21(13-20(23)14-25-28)27-10-3-4-11-27/h1-2,5-8,13-14,22,29H,3-4,9-12,15-17H2/t22-/m1/s1. The maximum atomic E-state index is 12.9. The fourth-order valence-corrected chi connectivity index (χ4v) is 4.74. The zero-order valence-corrected chi connectivity index (χ0v) is 17.2. The van der Waals surface area contributed by atoms with Crippen LogP contribution in [0.15, 0.2) is 53.5 Å². The summed E-state index contributed by atoms with van der Waals surface area (Å²) < 4.78 is 1.40. The predicted molar refractivity (Wildman–Crippen MR) is 119 cm³/mol. The van der Waals surface area contributed by atoms with Crippen LogP contribution in [0.5, 0.6) is 0 Å². The molecular weight excluding hydrogens is 376 g/mol. The first-order valence-electron chi connectivity index (χ1n) is 10.9. The van der Waals surface area contributed by atoms with Crippen LogP contribution >= 0.6 is 0 Å². The molecule has 0 radical (unpaired) electrons. The second-order valence-electron chi connectivity index (χ2n) is 8.51. The summed E-state index contributed by atoms with van der Waals surface area (Å²) in [7, 11) is 0. The van der Waals surface area contributed by atoms with E-state index < -0.39 is 6.10 Å². The van der Waals surface area contributed by atoms with E-state index in [4.69, 9.17) is 0 Å². The van der Waals surface area contributed by atoms with Crippen LogP contribution in [0.2, 0.25) is 0 Å². The molecule has 1 saturated heterocycles. The highest BCUT2D eigenvalue weighted by atomic mass is 16.3. The Balaban J connectivity index is 1.28. The highest BCUT2D eigenvalue weighted by Crippen LogP contribution is 2.23. The minimum absolute atomic E-state index is 0.136. The first-order chi connectivity index (χ1) is 14.7. The topological polar surface area (TPSA) is 61.6 Å². The van der Waals surface area contributed by atoms with Crippen molar-refractivity contribution < 1.29 is 5.11 Å². The number of benzene rings is 2. The largest absolute Gasteiger partial charge is 0.390 e. The van der Waals surface area contributed by atoms with Crippen molar-refractivity contribution in [3.63, 3.8) is 0 Å². The van der Waals surface area contributed by atoms with Gasteiger partial charge in [-0.1, -0.05) is 24.3 Å². The fourth-order valence-electron chi connectivity index (χ4n) is 4.74. The average Bonchev–Trinajstić information content (AvgIpc) is 3.30. The lowest BCUT2D eigenvalue weighted by Crippen LogP contribution is -2.40. The molecule has 6 nitrogen and oxygen atoms in total. The molecular formula is C24H28N4O2. The zero-order valence-electron chi connectivity index (χ0n) is 17.2. The summed E-state index contributed by atoms with van der Waals surface area (Å²) in [4.78, 5) is 17.5. The lowest BCUT2D eigenvalue weighted by molar-refractivity contribution is 0.0878. The van der Waals surface area contributed by atoms with E-state index in [9.17, 15) is 9.90 Å². The molecule has 1 aromatic heterocycles. The molecule has 1 atom stereocenters. The van der Waals surface area contributed by atoms with Gasteiger partial charge in [-0.15, -0.1) is 0 Å². The predicted octanol–water partition coefficient (Wildman–Crippen LogP) is 2.42. The molecule has 1 fully saturated rings. The smallest absolute Gasteiger partial charge is 0.274 e. The number of hydrogen-bond donors (Lipinski definition) is 1. The molecule has 2 aromatic carbocycles. The van der Waals surface area contributed by atoms with Gasteiger partial charge in [-0.05, 0) is 48.6 Å². The van der Waals surface area contributed by atoms with Crippen molar-refractivity contribution in [1.82, 2.24) is 14.7 Å². The second kappa shape index (κ2) is 8.20. The summed E-state index contributed by atoms with van der Waals surface area (Å²) >= 11 is 0. The van der Waals surface area contributed by atoms with Crippen molar-refractivity contribution >= 4 is 16.5 Å². The van der Waals surface area contributed by atoms with Gasteiger partial charge >= 0.3 is 0 Å². The molecule has 0 saturated carbocycles. The van der Waals surface area contributed by atoms with Gasteiger partial charge < -0.3 is 10.0 Å². The number of aliphatic hydroxyl groups is 1. The van der Waals surface area contributed by atoms with E-state index in [0.717, 1.165) is 43.7 Å². The molecule has 0 unspecified atom stereocenters. The van der Waals surface area contributed by atoms with Gasteiger partial charge in [0, 0.05) is 43.8 Å². The Morgan fingerprint density at radius 3 is 2.63 bits per heavy atom. The molecule has 0 bridgehead atoms. The van der Waals surface area contributed by atoms with Crippen LogP contribution in [0.3, 0.4) is 0 Å². The molecule has 0 amide bonds. The van der Waals surface area contributed by atoms with Crippen LogP contribution in [-0.2, 0) is 19.5 Å². The number of aliphatic hydroxyl groups excluding tert-OH is 1. The fraction of sp³-hybridized carbons (Fsp3) is 0.417. The molecule has 1 N–H and O–H groups in total. The Hall–Kier alpha value is -2.70. The molecule has 0 spiro atoms. The Labute approximate surface area is 176 Å². The zero-order chi connectivity index (χ0) is 20.5. The number of anilines is 1. The summed E-state index contributed by atoms with van der Waals surface area (Å²) in [5, 5.41) is 16.5. The number of nitrogens with zero attached hydrogens (tertiary/aromatic N) is 4. The average molecular weight is 405 g/mol. The van der Waals surface area contributed by atoms with Gasteiger partial charge in [0.2, 0.25) is 0 Å². The molecule has 2 aliphatic heterocycles. The Morgan fingerprint density at radius 1 is 1.00 bits per heavy atom. The van der Waals surface area contributed by atoms with Crippen LogP contribution in [0.4, 0.5) is 5.69 Å². The SMILES string of the molecule is O=c1c2ccc(N3CCCC3)cc2cnn1C[C@H](O)CN1CCc2ccccc2C1. The summed E-state index contributed by atoms with van der Waals surface area (Å²) in [6.07, 6.45) is 4.55. The second-order valence-corrected chi connectivity index (χ2v) is 8.51. The van der Waals surface area contributed by atoms with Crippen molar-refractivity contribution in [1.29, 1.82) is 0 Å². The van der Waals surface area contributed by atoms with Crippen molar-refractivity contribution in [2.24, 2.45) is 0 Å². The summed E-state index contributed by atoms with van der Waals surface area (Å²) in [6.45, 7) is 4.65. The highest BCUT2D eigenvalue weighted by molar-refractivity contribution is 5.84. The number of aromatic nitrogens is 2. The van der Waals surface area contributed by atoms with Crippen molar-refractivity contribution in [3.8, 4) is 0 Å². The Bertz CT molecular complexity index is 1100. The van der Waals surface area contributed by atoms with E-state index in [1.165, 1.54) is 28.7 Å². The lowest BCUT2D eigenvalue weighted by Gasteiger charge is -2.30. The summed E-state index contributed by atoms with van der Waals surface area (Å²) in [6, 6.07) is 14.5. The summed E-state index contributed by atoms with van der Waals surface area (Å²) in [5.74, 6) is 0. The van der Waals surface area contributed by atoms with Crippen molar-refractivity contribution in [2.45, 2.75) is 38.5 Å². The monoisotopic (exact) mass is 404 g/mol. The van der Waals surface area contributed by atoms with Crippen molar-refractivity contribution in [3.05, 3.63) is 70.1 Å². The first-order valence-corrected chi connectivity index (χ1v) is 10.9. The normalized spacial score (nSPS) is 18.0. The van der Waals surface area contributed by atoms with Gasteiger partial charge in [0.25, 0.3) is 5.56 Å². The third kappa shape index (κ3) is 3.85. The molecule has 2 aliphatic rings. The van der Waals surface area contributed by atoms with Crippen LogP contribution in [0.1, 0.15) is 24.0 Å². The van der Waals surface area contributed by atoms with Gasteiger partial charge in [0.15, 0.2) is 0 Å². The van der Waals surface area contributed by atoms with Gasteiger partial charge in [-0.25, -0.2) is 4.68 Å². The maximum Gasteiger partial charge on any atom is 0.274 e. The number of hydrogen-bond acceptors (Lipinski definition) is 5. The third-order valence-corrected chi connectivity index (χ3v) is 6.37. The van der Waals surface area contributed by atoms with Crippen molar-refractivity contribution in [2.75, 3.05) is 31.1 Å². The maximum absolute atomic E-state index is 12.9. The van der Waals surface area contributed by atoms with Crippen LogP contribution < -0.4 is 10.5 Å². The van der Waals surface area contributed by atoms with Crippen LogP contribution in [0, 0.1) is 0 Å². The molecule has 3 aromatic rings. The molecule has 5 rings (SSSR count).